The van der Waals surface area contributed by atoms with Crippen LogP contribution in [0.4, 0.5) is 18.9 Å². The third kappa shape index (κ3) is 1.95. The zero-order chi connectivity index (χ0) is 18.0. The summed E-state index contributed by atoms with van der Waals surface area (Å²) in [7, 11) is 3.08. The zero-order valence-corrected chi connectivity index (χ0v) is 13.6. The number of carbonyl (C=O) groups is 1. The minimum atomic E-state index is -4.99. The number of methoxy groups -OCH3 is 1. The SMILES string of the molecule is COc1c2c(cc3c(C)c(C)n(C)c13)[C@](O)(C(F)(F)F)CC(=O)N2. The average molecular weight is 342 g/mol. The first-order valence-corrected chi connectivity index (χ1v) is 7.29. The van der Waals surface area contributed by atoms with Crippen LogP contribution in [-0.4, -0.2) is 28.9 Å². The number of benzene rings is 1. The number of hydrogen-bond donors (Lipinski definition) is 2. The third-order valence-electron chi connectivity index (χ3n) is 4.84. The van der Waals surface area contributed by atoms with Crippen molar-refractivity contribution in [2.24, 2.45) is 7.05 Å². The molecule has 1 aliphatic heterocycles. The molecule has 0 saturated carbocycles. The van der Waals surface area contributed by atoms with Crippen LogP contribution in [0.15, 0.2) is 6.07 Å². The van der Waals surface area contributed by atoms with Gasteiger partial charge in [-0.1, -0.05) is 0 Å². The van der Waals surface area contributed by atoms with E-state index in [1.165, 1.54) is 13.2 Å². The van der Waals surface area contributed by atoms with Gasteiger partial charge >= 0.3 is 6.18 Å². The quantitative estimate of drug-likeness (QED) is 0.838. The molecule has 1 atom stereocenters. The number of nitrogens with one attached hydrogen (secondary N) is 1. The molecule has 2 aromatic rings. The molecule has 5 nitrogen and oxygen atoms in total. The Kier molecular flexibility index (Phi) is 3.39. The Bertz CT molecular complexity index is 870. The van der Waals surface area contributed by atoms with Crippen molar-refractivity contribution in [2.75, 3.05) is 12.4 Å². The van der Waals surface area contributed by atoms with Crippen LogP contribution in [0, 0.1) is 13.8 Å². The minimum absolute atomic E-state index is 0.108. The number of rotatable bonds is 1. The van der Waals surface area contributed by atoms with Crippen molar-refractivity contribution in [1.29, 1.82) is 0 Å². The molecule has 1 aromatic heterocycles. The standard InChI is InChI=1S/C16H17F3N2O3/c1-7-8(2)21(3)13-9(7)5-10-12(14(13)24-4)20-11(22)6-15(10,23)16(17,18)19/h5,23H,6H2,1-4H3,(H,20,22)/t15-/m0/s1. The first-order chi connectivity index (χ1) is 11.0. The topological polar surface area (TPSA) is 63.5 Å². The van der Waals surface area contributed by atoms with Crippen LogP contribution in [0.3, 0.4) is 0 Å². The molecule has 1 aliphatic rings. The van der Waals surface area contributed by atoms with Crippen LogP contribution in [0.5, 0.6) is 5.75 Å². The van der Waals surface area contributed by atoms with Gasteiger partial charge in [0.05, 0.1) is 24.7 Å². The molecule has 24 heavy (non-hydrogen) atoms. The second-order valence-electron chi connectivity index (χ2n) is 6.08. The Labute approximate surface area is 136 Å². The van der Waals surface area contributed by atoms with Gasteiger partial charge in [0.15, 0.2) is 11.4 Å². The molecule has 2 N–H and O–H groups in total. The van der Waals surface area contributed by atoms with Gasteiger partial charge in [0.2, 0.25) is 5.91 Å². The molecule has 0 unspecified atom stereocenters. The summed E-state index contributed by atoms with van der Waals surface area (Å²) in [6.07, 6.45) is -6.07. The summed E-state index contributed by atoms with van der Waals surface area (Å²) in [5, 5.41) is 13.3. The predicted octanol–water partition coefficient (Wildman–Crippen LogP) is 2.90. The summed E-state index contributed by atoms with van der Waals surface area (Å²) in [4.78, 5) is 11.8. The second-order valence-corrected chi connectivity index (χ2v) is 6.08. The molecule has 1 aromatic carbocycles. The van der Waals surface area contributed by atoms with Crippen LogP contribution < -0.4 is 10.1 Å². The van der Waals surface area contributed by atoms with Gasteiger partial charge < -0.3 is 19.7 Å². The van der Waals surface area contributed by atoms with Gasteiger partial charge in [0.1, 0.15) is 0 Å². The molecular formula is C16H17F3N2O3. The molecule has 2 heterocycles. The predicted molar refractivity (Wildman–Crippen MR) is 82.1 cm³/mol. The Morgan fingerprint density at radius 1 is 1.38 bits per heavy atom. The van der Waals surface area contributed by atoms with Gasteiger partial charge in [-0.05, 0) is 25.5 Å². The molecule has 0 saturated heterocycles. The van der Waals surface area contributed by atoms with Gasteiger partial charge in [-0.2, -0.15) is 13.2 Å². The van der Waals surface area contributed by atoms with Crippen molar-refractivity contribution >= 4 is 22.5 Å². The molecule has 0 radical (unpaired) electrons. The highest BCUT2D eigenvalue weighted by Gasteiger charge is 2.59. The Morgan fingerprint density at radius 3 is 2.54 bits per heavy atom. The fourth-order valence-electron chi connectivity index (χ4n) is 3.29. The van der Waals surface area contributed by atoms with Gasteiger partial charge in [-0.15, -0.1) is 0 Å². The van der Waals surface area contributed by atoms with E-state index in [4.69, 9.17) is 4.74 Å². The highest BCUT2D eigenvalue weighted by Crippen LogP contribution is 2.52. The maximum atomic E-state index is 13.5. The van der Waals surface area contributed by atoms with E-state index in [0.717, 1.165) is 11.3 Å². The molecular weight excluding hydrogens is 325 g/mol. The Hall–Kier alpha value is -2.22. The molecule has 0 spiro atoms. The summed E-state index contributed by atoms with van der Waals surface area (Å²) in [6, 6.07) is 1.29. The van der Waals surface area contributed by atoms with Crippen LogP contribution in [0.25, 0.3) is 10.9 Å². The van der Waals surface area contributed by atoms with Gasteiger partial charge in [0.25, 0.3) is 0 Å². The van der Waals surface area contributed by atoms with E-state index < -0.39 is 29.7 Å². The molecule has 0 aliphatic carbocycles. The molecule has 0 bridgehead atoms. The highest BCUT2D eigenvalue weighted by molar-refractivity contribution is 6.04. The number of fused-ring (bicyclic) bond motifs is 2. The van der Waals surface area contributed by atoms with Crippen molar-refractivity contribution in [2.45, 2.75) is 32.0 Å². The molecule has 1 amide bonds. The van der Waals surface area contributed by atoms with Crippen molar-refractivity contribution in [3.05, 3.63) is 22.9 Å². The van der Waals surface area contributed by atoms with E-state index >= 15 is 0 Å². The monoisotopic (exact) mass is 342 g/mol. The van der Waals surface area contributed by atoms with Crippen LogP contribution in [0.2, 0.25) is 0 Å². The van der Waals surface area contributed by atoms with Crippen molar-refractivity contribution in [3.8, 4) is 5.75 Å². The number of carbonyl (C=O) groups excluding carboxylic acids is 1. The molecule has 130 valence electrons. The first-order valence-electron chi connectivity index (χ1n) is 7.29. The van der Waals surface area contributed by atoms with Crippen LogP contribution >= 0.6 is 0 Å². The number of halogens is 3. The van der Waals surface area contributed by atoms with E-state index in [1.807, 2.05) is 6.92 Å². The minimum Gasteiger partial charge on any atom is -0.492 e. The lowest BCUT2D eigenvalue weighted by Gasteiger charge is -2.36. The van der Waals surface area contributed by atoms with Crippen molar-refractivity contribution in [3.63, 3.8) is 0 Å². The fourth-order valence-corrected chi connectivity index (χ4v) is 3.29. The first kappa shape index (κ1) is 16.6. The summed E-state index contributed by atoms with van der Waals surface area (Å²) >= 11 is 0. The number of anilines is 1. The number of amides is 1. The largest absolute Gasteiger partial charge is 0.492 e. The Balaban J connectivity index is 2.49. The van der Waals surface area contributed by atoms with Gasteiger partial charge in [-0.3, -0.25) is 4.79 Å². The lowest BCUT2D eigenvalue weighted by Crippen LogP contribution is -2.48. The van der Waals surface area contributed by atoms with E-state index in [0.29, 0.717) is 10.9 Å². The number of aryl methyl sites for hydroxylation is 2. The fraction of sp³-hybridized carbons (Fsp3) is 0.438. The molecule has 3 rings (SSSR count). The van der Waals surface area contributed by atoms with Crippen LogP contribution in [0.1, 0.15) is 23.2 Å². The van der Waals surface area contributed by atoms with E-state index in [2.05, 4.69) is 5.32 Å². The average Bonchev–Trinajstić information content (AvgIpc) is 2.69. The number of aliphatic hydroxyl groups is 1. The maximum absolute atomic E-state index is 13.5. The molecule has 0 fully saturated rings. The van der Waals surface area contributed by atoms with Crippen molar-refractivity contribution < 1.29 is 27.8 Å². The lowest BCUT2D eigenvalue weighted by atomic mass is 9.83. The second kappa shape index (κ2) is 4.89. The van der Waals surface area contributed by atoms with Crippen molar-refractivity contribution in [1.82, 2.24) is 4.57 Å². The van der Waals surface area contributed by atoms with E-state index in [1.54, 1.807) is 18.5 Å². The molecule has 8 heteroatoms. The third-order valence-corrected chi connectivity index (χ3v) is 4.84. The summed E-state index contributed by atoms with van der Waals surface area (Å²) in [5.74, 6) is -0.806. The number of alkyl halides is 3. The van der Waals surface area contributed by atoms with E-state index in [9.17, 15) is 23.1 Å². The highest BCUT2D eigenvalue weighted by atomic mass is 19.4. The summed E-state index contributed by atoms with van der Waals surface area (Å²) < 4.78 is 47.7. The summed E-state index contributed by atoms with van der Waals surface area (Å²) in [6.45, 7) is 3.62. The van der Waals surface area contributed by atoms with Crippen LogP contribution in [-0.2, 0) is 17.4 Å². The number of ether oxygens (including phenoxy) is 1. The van der Waals surface area contributed by atoms with Gasteiger partial charge in [0, 0.05) is 23.7 Å². The van der Waals surface area contributed by atoms with Gasteiger partial charge in [-0.25, -0.2) is 0 Å². The maximum Gasteiger partial charge on any atom is 0.422 e. The smallest absolute Gasteiger partial charge is 0.422 e. The zero-order valence-electron chi connectivity index (χ0n) is 13.6. The summed E-state index contributed by atoms with van der Waals surface area (Å²) in [5.41, 5.74) is -1.57. The Morgan fingerprint density at radius 2 is 2.00 bits per heavy atom. The lowest BCUT2D eigenvalue weighted by molar-refractivity contribution is -0.267. The number of nitrogens with zero attached hydrogens (tertiary/aromatic N) is 1. The van der Waals surface area contributed by atoms with E-state index in [-0.39, 0.29) is 11.4 Å². The normalized spacial score (nSPS) is 20.9. The number of aromatic nitrogens is 1. The number of hydrogen-bond acceptors (Lipinski definition) is 3.